The van der Waals surface area contributed by atoms with Crippen LogP contribution in [0.1, 0.15) is 71.8 Å². The number of primary amides is 1. The van der Waals surface area contributed by atoms with Gasteiger partial charge in [0.05, 0.1) is 25.3 Å². The molecule has 3 aliphatic rings. The van der Waals surface area contributed by atoms with Gasteiger partial charge in [0.1, 0.15) is 5.75 Å². The highest BCUT2D eigenvalue weighted by Crippen LogP contribution is 2.65. The van der Waals surface area contributed by atoms with Crippen LogP contribution in [0.4, 0.5) is 0 Å². The molecule has 2 aliphatic carbocycles. The molecule has 1 aliphatic heterocycles. The molecule has 1 aromatic heterocycles. The van der Waals surface area contributed by atoms with Gasteiger partial charge in [-0.2, -0.15) is 0 Å². The van der Waals surface area contributed by atoms with Crippen LogP contribution in [0.25, 0.3) is 22.2 Å². The van der Waals surface area contributed by atoms with Crippen molar-refractivity contribution in [3.8, 4) is 17.0 Å². The van der Waals surface area contributed by atoms with Crippen LogP contribution in [0.5, 0.6) is 5.75 Å². The van der Waals surface area contributed by atoms with Crippen LogP contribution in [0.3, 0.4) is 0 Å². The Hall–Kier alpha value is -3.28. The van der Waals surface area contributed by atoms with Crippen LogP contribution in [-0.2, 0) is 16.1 Å². The molecule has 176 valence electrons. The minimum atomic E-state index is -0.611. The Balaban J connectivity index is 1.69. The molecule has 0 saturated heterocycles. The lowest BCUT2D eigenvalue weighted by atomic mass is 9.81. The Bertz CT molecular complexity index is 1330. The number of carbonyl (C=O) groups is 2. The van der Waals surface area contributed by atoms with Crippen molar-refractivity contribution in [3.05, 3.63) is 53.1 Å². The number of nitrogens with two attached hydrogens (primary N) is 1. The van der Waals surface area contributed by atoms with E-state index in [1.807, 2.05) is 18.2 Å². The predicted molar refractivity (Wildman–Crippen MR) is 130 cm³/mol. The van der Waals surface area contributed by atoms with E-state index >= 15 is 0 Å². The van der Waals surface area contributed by atoms with Crippen molar-refractivity contribution in [2.24, 2.45) is 11.1 Å². The summed E-state index contributed by atoms with van der Waals surface area (Å²) >= 11 is 0. The third-order valence-electron chi connectivity index (χ3n) is 8.40. The Kier molecular flexibility index (Phi) is 4.77. The quantitative estimate of drug-likeness (QED) is 0.550. The zero-order valence-electron chi connectivity index (χ0n) is 19.7. The lowest BCUT2D eigenvalue weighted by Gasteiger charge is -2.24. The second-order valence-corrected chi connectivity index (χ2v) is 10.1. The average molecular weight is 459 g/mol. The number of amides is 1. The van der Waals surface area contributed by atoms with Crippen LogP contribution in [0.15, 0.2) is 36.4 Å². The van der Waals surface area contributed by atoms with Crippen LogP contribution >= 0.6 is 0 Å². The number of aromatic nitrogens is 1. The molecule has 0 spiro atoms. The number of fused-ring (bicyclic) bond motifs is 7. The summed E-state index contributed by atoms with van der Waals surface area (Å²) < 4.78 is 13.2. The average Bonchev–Trinajstić information content (AvgIpc) is 3.54. The van der Waals surface area contributed by atoms with Gasteiger partial charge < -0.3 is 19.8 Å². The number of benzene rings is 2. The molecule has 2 N–H and O–H groups in total. The molecular formula is C28H30N2O4. The molecule has 0 radical (unpaired) electrons. The summed E-state index contributed by atoms with van der Waals surface area (Å²) in [4.78, 5) is 25.2. The number of methoxy groups -OCH3 is 2. The number of hydrogen-bond acceptors (Lipinski definition) is 4. The first-order chi connectivity index (χ1) is 16.5. The topological polar surface area (TPSA) is 83.6 Å². The molecular weight excluding hydrogens is 428 g/mol. The zero-order valence-corrected chi connectivity index (χ0v) is 19.7. The number of rotatable bonds is 4. The van der Waals surface area contributed by atoms with Crippen LogP contribution < -0.4 is 10.5 Å². The highest BCUT2D eigenvalue weighted by molar-refractivity contribution is 6.01. The van der Waals surface area contributed by atoms with Crippen LogP contribution in [-0.4, -0.2) is 30.7 Å². The molecule has 6 heteroatoms. The fourth-order valence-corrected chi connectivity index (χ4v) is 6.62. The molecule has 2 fully saturated rings. The monoisotopic (exact) mass is 458 g/mol. The summed E-state index contributed by atoms with van der Waals surface area (Å²) in [6.45, 7) is 0.530. The molecule has 2 aromatic carbocycles. The largest absolute Gasteiger partial charge is 0.497 e. The smallest absolute Gasteiger partial charge is 0.314 e. The van der Waals surface area contributed by atoms with Gasteiger partial charge in [0.15, 0.2) is 0 Å². The highest BCUT2D eigenvalue weighted by Gasteiger charge is 2.63. The molecule has 2 heterocycles. The lowest BCUT2D eigenvalue weighted by Crippen LogP contribution is -2.24. The van der Waals surface area contributed by atoms with E-state index in [9.17, 15) is 9.59 Å². The molecule has 1 amide bonds. The zero-order chi connectivity index (χ0) is 23.6. The third-order valence-corrected chi connectivity index (χ3v) is 8.40. The van der Waals surface area contributed by atoms with Crippen molar-refractivity contribution < 1.29 is 19.1 Å². The van der Waals surface area contributed by atoms with Gasteiger partial charge in [-0.05, 0) is 66.6 Å². The van der Waals surface area contributed by atoms with E-state index in [2.05, 4.69) is 22.8 Å². The SMILES string of the molecule is COC(=O)C12CC1c1cc(OC)ccc1-c1c(C3CCCCC3)c3ccc(C(N)=O)cc3n1C2. The number of esters is 1. The fraction of sp³-hybridized carbons (Fsp3) is 0.429. The third kappa shape index (κ3) is 2.93. The Morgan fingerprint density at radius 3 is 2.56 bits per heavy atom. The van der Waals surface area contributed by atoms with Gasteiger partial charge in [-0.25, -0.2) is 0 Å². The van der Waals surface area contributed by atoms with Gasteiger partial charge in [-0.15, -0.1) is 0 Å². The minimum absolute atomic E-state index is 0.0820. The Morgan fingerprint density at radius 2 is 1.85 bits per heavy atom. The van der Waals surface area contributed by atoms with Crippen molar-refractivity contribution in [1.29, 1.82) is 0 Å². The van der Waals surface area contributed by atoms with Crippen molar-refractivity contribution in [2.75, 3.05) is 14.2 Å². The van der Waals surface area contributed by atoms with Gasteiger partial charge in [0, 0.05) is 34.5 Å². The summed E-state index contributed by atoms with van der Waals surface area (Å²) in [5.74, 6) is 0.710. The van der Waals surface area contributed by atoms with E-state index < -0.39 is 11.3 Å². The Morgan fingerprint density at radius 1 is 1.06 bits per heavy atom. The first-order valence-electron chi connectivity index (χ1n) is 12.2. The van der Waals surface area contributed by atoms with Crippen LogP contribution in [0.2, 0.25) is 0 Å². The summed E-state index contributed by atoms with van der Waals surface area (Å²) in [6.07, 6.45) is 6.77. The predicted octanol–water partition coefficient (Wildman–Crippen LogP) is 5.12. The van der Waals surface area contributed by atoms with Gasteiger partial charge in [0.2, 0.25) is 5.91 Å². The summed E-state index contributed by atoms with van der Waals surface area (Å²) in [5, 5.41) is 1.16. The van der Waals surface area contributed by atoms with E-state index in [0.717, 1.165) is 47.0 Å². The summed E-state index contributed by atoms with van der Waals surface area (Å²) in [5.41, 5.74) is 11.4. The molecule has 2 unspecified atom stereocenters. The van der Waals surface area contributed by atoms with Crippen LogP contribution in [0, 0.1) is 5.41 Å². The van der Waals surface area contributed by atoms with Crippen molar-refractivity contribution >= 4 is 22.8 Å². The second-order valence-electron chi connectivity index (χ2n) is 10.1. The van der Waals surface area contributed by atoms with Gasteiger partial charge in [0.25, 0.3) is 0 Å². The van der Waals surface area contributed by atoms with E-state index in [1.165, 1.54) is 37.6 Å². The van der Waals surface area contributed by atoms with Crippen molar-refractivity contribution in [1.82, 2.24) is 4.57 Å². The van der Waals surface area contributed by atoms with E-state index in [4.69, 9.17) is 15.2 Å². The number of carbonyl (C=O) groups excluding carboxylic acids is 2. The van der Waals surface area contributed by atoms with Crippen molar-refractivity contribution in [3.63, 3.8) is 0 Å². The van der Waals surface area contributed by atoms with Gasteiger partial charge in [-0.1, -0.05) is 25.3 Å². The molecule has 2 atom stereocenters. The van der Waals surface area contributed by atoms with E-state index in [1.54, 1.807) is 7.11 Å². The summed E-state index contributed by atoms with van der Waals surface area (Å²) in [7, 11) is 3.14. The lowest BCUT2D eigenvalue weighted by molar-refractivity contribution is -0.147. The maximum Gasteiger partial charge on any atom is 0.314 e. The molecule has 6 nitrogen and oxygen atoms in total. The number of nitrogens with zero attached hydrogens (tertiary/aromatic N) is 1. The van der Waals surface area contributed by atoms with Gasteiger partial charge >= 0.3 is 5.97 Å². The Labute approximate surface area is 199 Å². The second kappa shape index (κ2) is 7.62. The van der Waals surface area contributed by atoms with E-state index in [-0.39, 0.29) is 11.9 Å². The molecule has 34 heavy (non-hydrogen) atoms. The molecule has 0 bridgehead atoms. The number of hydrogen-bond donors (Lipinski definition) is 1. The fourth-order valence-electron chi connectivity index (χ4n) is 6.62. The van der Waals surface area contributed by atoms with E-state index in [0.29, 0.717) is 18.0 Å². The molecule has 2 saturated carbocycles. The normalized spacial score (nSPS) is 23.4. The maximum absolute atomic E-state index is 13.1. The molecule has 6 rings (SSSR count). The first-order valence-corrected chi connectivity index (χ1v) is 12.2. The number of ether oxygens (including phenoxy) is 2. The maximum atomic E-state index is 13.1. The van der Waals surface area contributed by atoms with Gasteiger partial charge in [-0.3, -0.25) is 9.59 Å². The summed E-state index contributed by atoms with van der Waals surface area (Å²) in [6, 6.07) is 12.0. The first kappa shape index (κ1) is 21.3. The standard InChI is InChI=1S/C28H30N2O4/c1-33-18-9-11-19-21(13-18)22-14-28(22,27(32)34-2)15-30-23-12-17(26(29)31)8-10-20(23)24(25(19)30)16-6-4-3-5-7-16/h8-13,16,22H,3-7,14-15H2,1-2H3,(H2,29,31). The van der Waals surface area contributed by atoms with Crippen molar-refractivity contribution in [2.45, 2.75) is 56.9 Å². The minimum Gasteiger partial charge on any atom is -0.497 e. The molecule has 3 aromatic rings. The highest BCUT2D eigenvalue weighted by atomic mass is 16.5.